The number of allylic oxidation sites excluding steroid dienone is 4. The van der Waals surface area contributed by atoms with Gasteiger partial charge < -0.3 is 0 Å². The predicted molar refractivity (Wildman–Crippen MR) is 46.0 cm³/mol. The molecule has 0 aromatic heterocycles. The smallest absolute Gasteiger partial charge is 0.0163 e. The lowest BCUT2D eigenvalue weighted by atomic mass is 10.4. The van der Waals surface area contributed by atoms with Crippen LogP contribution in [-0.2, 0) is 0 Å². The molecule has 0 bridgehead atoms. The number of hydrogen-bond acceptors (Lipinski definition) is 0. The average molecular weight is 136 g/mol. The van der Waals surface area contributed by atoms with Gasteiger partial charge in [-0.1, -0.05) is 56.4 Å². The summed E-state index contributed by atoms with van der Waals surface area (Å²) in [5.74, 6) is 0. The molecule has 0 saturated heterocycles. The highest BCUT2D eigenvalue weighted by atomic mass is 14.0. The molecule has 0 heterocycles. The Morgan fingerprint density at radius 3 is 1.20 bits per heavy atom. The molecular formula is C10H16. The van der Waals surface area contributed by atoms with Gasteiger partial charge in [0.2, 0.25) is 0 Å². The standard InChI is InChI=1S/C5H10.C5H6/c2*1-2-4-5-3-1/h1-5H2;1-4H,5H2. The Bertz CT molecular complexity index is 98.4. The molecule has 1 fully saturated rings. The molecule has 1 saturated carbocycles. The molecule has 0 spiro atoms. The van der Waals surface area contributed by atoms with Gasteiger partial charge in [0, 0.05) is 0 Å². The van der Waals surface area contributed by atoms with E-state index in [1.165, 1.54) is 32.1 Å². The van der Waals surface area contributed by atoms with Crippen LogP contribution in [0.4, 0.5) is 0 Å². The van der Waals surface area contributed by atoms with Crippen molar-refractivity contribution in [3.8, 4) is 0 Å². The normalized spacial score (nSPS) is 20.8. The maximum Gasteiger partial charge on any atom is -0.0163 e. The summed E-state index contributed by atoms with van der Waals surface area (Å²) < 4.78 is 0. The monoisotopic (exact) mass is 136 g/mol. The molecule has 2 aliphatic rings. The summed E-state index contributed by atoms with van der Waals surface area (Å²) in [6.07, 6.45) is 17.0. The molecular weight excluding hydrogens is 120 g/mol. The molecule has 0 aliphatic heterocycles. The first-order valence-electron chi connectivity index (χ1n) is 4.32. The molecule has 0 amide bonds. The van der Waals surface area contributed by atoms with Crippen LogP contribution < -0.4 is 0 Å². The predicted octanol–water partition coefficient (Wildman–Crippen LogP) is 3.45. The van der Waals surface area contributed by atoms with E-state index in [2.05, 4.69) is 24.3 Å². The zero-order chi connectivity index (χ0) is 7.07. The fraction of sp³-hybridized carbons (Fsp3) is 0.600. The highest BCUT2D eigenvalue weighted by molar-refractivity contribution is 5.11. The topological polar surface area (TPSA) is 0 Å². The van der Waals surface area contributed by atoms with Crippen molar-refractivity contribution in [1.29, 1.82) is 0 Å². The van der Waals surface area contributed by atoms with Crippen molar-refractivity contribution in [2.24, 2.45) is 0 Å². The van der Waals surface area contributed by atoms with Crippen molar-refractivity contribution in [1.82, 2.24) is 0 Å². The lowest BCUT2D eigenvalue weighted by Gasteiger charge is -1.67. The van der Waals surface area contributed by atoms with Crippen LogP contribution in [0.1, 0.15) is 38.5 Å². The van der Waals surface area contributed by atoms with Crippen LogP contribution in [0.15, 0.2) is 24.3 Å². The Balaban J connectivity index is 0.0000001000. The van der Waals surface area contributed by atoms with Crippen molar-refractivity contribution >= 4 is 0 Å². The van der Waals surface area contributed by atoms with Gasteiger partial charge in [0.05, 0.1) is 0 Å². The van der Waals surface area contributed by atoms with E-state index >= 15 is 0 Å². The van der Waals surface area contributed by atoms with Crippen LogP contribution in [0.25, 0.3) is 0 Å². The maximum absolute atomic E-state index is 2.12. The van der Waals surface area contributed by atoms with Crippen molar-refractivity contribution in [3.05, 3.63) is 24.3 Å². The van der Waals surface area contributed by atoms with Crippen LogP contribution >= 0.6 is 0 Å². The molecule has 0 unspecified atom stereocenters. The highest BCUT2D eigenvalue weighted by Gasteiger charge is 1.95. The Morgan fingerprint density at radius 1 is 0.600 bits per heavy atom. The van der Waals surface area contributed by atoms with Gasteiger partial charge in [0.25, 0.3) is 0 Å². The molecule has 2 aliphatic carbocycles. The third-order valence-electron chi connectivity index (χ3n) is 1.91. The zero-order valence-corrected chi connectivity index (χ0v) is 6.55. The van der Waals surface area contributed by atoms with Gasteiger partial charge in [-0.25, -0.2) is 0 Å². The van der Waals surface area contributed by atoms with Gasteiger partial charge in [-0.2, -0.15) is 0 Å². The lowest BCUT2D eigenvalue weighted by molar-refractivity contribution is 0.886. The summed E-state index contributed by atoms with van der Waals surface area (Å²) in [5, 5.41) is 0. The molecule has 0 radical (unpaired) electrons. The summed E-state index contributed by atoms with van der Waals surface area (Å²) in [7, 11) is 0. The second-order valence-electron chi connectivity index (χ2n) is 2.86. The Labute approximate surface area is 63.6 Å². The lowest BCUT2D eigenvalue weighted by Crippen LogP contribution is -1.47. The first kappa shape index (κ1) is 7.59. The summed E-state index contributed by atoms with van der Waals surface area (Å²) in [6, 6.07) is 0. The van der Waals surface area contributed by atoms with E-state index in [1.54, 1.807) is 0 Å². The van der Waals surface area contributed by atoms with E-state index in [1.807, 2.05) is 0 Å². The maximum atomic E-state index is 2.12. The van der Waals surface area contributed by atoms with E-state index < -0.39 is 0 Å². The minimum Gasteiger partial charge on any atom is -0.0808 e. The van der Waals surface area contributed by atoms with E-state index in [0.29, 0.717) is 0 Å². The van der Waals surface area contributed by atoms with E-state index in [9.17, 15) is 0 Å². The second kappa shape index (κ2) is 5.28. The van der Waals surface area contributed by atoms with Gasteiger partial charge in [-0.15, -0.1) is 0 Å². The Morgan fingerprint density at radius 2 is 1.00 bits per heavy atom. The third-order valence-corrected chi connectivity index (χ3v) is 1.91. The zero-order valence-electron chi connectivity index (χ0n) is 6.55. The minimum atomic E-state index is 1.14. The molecule has 0 atom stereocenters. The first-order valence-corrected chi connectivity index (χ1v) is 4.32. The fourth-order valence-electron chi connectivity index (χ4n) is 1.28. The molecule has 2 rings (SSSR count). The van der Waals surface area contributed by atoms with Crippen LogP contribution in [0.3, 0.4) is 0 Å². The Hall–Kier alpha value is -0.520. The van der Waals surface area contributed by atoms with Crippen LogP contribution in [0.2, 0.25) is 0 Å². The van der Waals surface area contributed by atoms with Crippen LogP contribution in [0, 0.1) is 0 Å². The minimum absolute atomic E-state index is 1.14. The summed E-state index contributed by atoms with van der Waals surface area (Å²) in [6.45, 7) is 0. The van der Waals surface area contributed by atoms with Crippen molar-refractivity contribution < 1.29 is 0 Å². The van der Waals surface area contributed by atoms with Crippen LogP contribution in [-0.4, -0.2) is 0 Å². The first-order chi connectivity index (χ1) is 5.00. The number of rotatable bonds is 0. The summed E-state index contributed by atoms with van der Waals surface area (Å²) >= 11 is 0. The van der Waals surface area contributed by atoms with E-state index in [4.69, 9.17) is 0 Å². The van der Waals surface area contributed by atoms with Crippen molar-refractivity contribution in [2.45, 2.75) is 38.5 Å². The Kier molecular flexibility index (Phi) is 4.00. The number of hydrogen-bond donors (Lipinski definition) is 0. The molecule has 0 heteroatoms. The third kappa shape index (κ3) is 3.49. The molecule has 10 heavy (non-hydrogen) atoms. The summed E-state index contributed by atoms with van der Waals surface area (Å²) in [4.78, 5) is 0. The molecule has 0 nitrogen and oxygen atoms in total. The van der Waals surface area contributed by atoms with Gasteiger partial charge in [0.1, 0.15) is 0 Å². The molecule has 56 valence electrons. The SMILES string of the molecule is C1=CCC=C1.C1CCCC1. The van der Waals surface area contributed by atoms with Crippen molar-refractivity contribution in [2.75, 3.05) is 0 Å². The largest absolute Gasteiger partial charge is 0.0808 e. The average Bonchev–Trinajstić information content (AvgIpc) is 2.67. The summed E-state index contributed by atoms with van der Waals surface area (Å²) in [5.41, 5.74) is 0. The van der Waals surface area contributed by atoms with Crippen molar-refractivity contribution in [3.63, 3.8) is 0 Å². The fourth-order valence-corrected chi connectivity index (χ4v) is 1.28. The van der Waals surface area contributed by atoms with E-state index in [0.717, 1.165) is 6.42 Å². The second-order valence-corrected chi connectivity index (χ2v) is 2.86. The van der Waals surface area contributed by atoms with Gasteiger partial charge in [-0.3, -0.25) is 0 Å². The van der Waals surface area contributed by atoms with Gasteiger partial charge in [-0.05, 0) is 6.42 Å². The van der Waals surface area contributed by atoms with Gasteiger partial charge >= 0.3 is 0 Å². The highest BCUT2D eigenvalue weighted by Crippen LogP contribution is 2.15. The molecule has 0 aromatic rings. The van der Waals surface area contributed by atoms with Crippen LogP contribution in [0.5, 0.6) is 0 Å². The van der Waals surface area contributed by atoms with E-state index in [-0.39, 0.29) is 0 Å². The molecule has 0 N–H and O–H groups in total. The quantitative estimate of drug-likeness (QED) is 0.478. The van der Waals surface area contributed by atoms with Gasteiger partial charge in [0.15, 0.2) is 0 Å². The molecule has 0 aromatic carbocycles.